The Morgan fingerprint density at radius 2 is 1.90 bits per heavy atom. The van der Waals surface area contributed by atoms with Gasteiger partial charge in [-0.15, -0.1) is 0 Å². The third kappa shape index (κ3) is 4.48. The number of hydrogen-bond acceptors (Lipinski definition) is 9. The molecule has 14 heteroatoms. The summed E-state index contributed by atoms with van der Waals surface area (Å²) in [6.07, 6.45) is -2.84. The maximum atomic E-state index is 12.4. The van der Waals surface area contributed by atoms with E-state index in [0.717, 1.165) is 0 Å². The highest BCUT2D eigenvalue weighted by molar-refractivity contribution is 7.46. The lowest BCUT2D eigenvalue weighted by Gasteiger charge is -2.16. The molecule has 0 bridgehead atoms. The van der Waals surface area contributed by atoms with Crippen molar-refractivity contribution in [2.75, 3.05) is 11.9 Å². The molecule has 1 unspecified atom stereocenters. The lowest BCUT2D eigenvalue weighted by atomic mass is 10.1. The summed E-state index contributed by atoms with van der Waals surface area (Å²) in [6, 6.07) is 8.49. The van der Waals surface area contributed by atoms with Crippen LogP contribution in [0.4, 0.5) is 5.82 Å². The van der Waals surface area contributed by atoms with E-state index in [1.54, 1.807) is 30.3 Å². The van der Waals surface area contributed by atoms with E-state index in [9.17, 15) is 19.6 Å². The maximum Gasteiger partial charge on any atom is 0.469 e. The number of amides is 1. The number of rotatable bonds is 6. The van der Waals surface area contributed by atoms with E-state index in [4.69, 9.17) is 14.5 Å². The molecule has 0 spiro atoms. The Labute approximate surface area is 174 Å². The van der Waals surface area contributed by atoms with Crippen LogP contribution in [-0.4, -0.2) is 70.3 Å². The number of ether oxygens (including phenoxy) is 1. The molecular weight excluding hydrogens is 433 g/mol. The van der Waals surface area contributed by atoms with Gasteiger partial charge in [-0.2, -0.15) is 0 Å². The van der Waals surface area contributed by atoms with Crippen LogP contribution < -0.4 is 5.32 Å². The molecule has 1 aromatic carbocycles. The second-order valence-corrected chi connectivity index (χ2v) is 7.94. The Bertz CT molecular complexity index is 1140. The number of phosphoric ester groups is 1. The first-order valence-electron chi connectivity index (χ1n) is 9.00. The van der Waals surface area contributed by atoms with Crippen LogP contribution in [0, 0.1) is 0 Å². The highest BCUT2D eigenvalue weighted by atomic mass is 31.2. The van der Waals surface area contributed by atoms with Gasteiger partial charge in [-0.1, -0.05) is 18.2 Å². The van der Waals surface area contributed by atoms with E-state index in [0.29, 0.717) is 5.56 Å². The van der Waals surface area contributed by atoms with Crippen LogP contribution >= 0.6 is 7.82 Å². The van der Waals surface area contributed by atoms with Crippen molar-refractivity contribution in [1.82, 2.24) is 19.5 Å². The molecule has 0 radical (unpaired) electrons. The number of aliphatic hydroxyl groups excluding tert-OH is 2. The fraction of sp³-hybridized carbons (Fsp3) is 0.294. The lowest BCUT2D eigenvalue weighted by Crippen LogP contribution is -2.33. The van der Waals surface area contributed by atoms with Crippen LogP contribution in [0.5, 0.6) is 0 Å². The minimum absolute atomic E-state index is 0.132. The number of aliphatic hydroxyl groups is 2. The molecule has 4 rings (SSSR count). The topological polar surface area (TPSA) is 189 Å². The molecule has 0 aliphatic carbocycles. The van der Waals surface area contributed by atoms with Gasteiger partial charge in [-0.3, -0.25) is 13.9 Å². The zero-order valence-corrected chi connectivity index (χ0v) is 16.6. The molecule has 164 valence electrons. The van der Waals surface area contributed by atoms with Crippen LogP contribution in [0.2, 0.25) is 0 Å². The van der Waals surface area contributed by atoms with Crippen molar-refractivity contribution in [2.45, 2.75) is 24.5 Å². The highest BCUT2D eigenvalue weighted by Gasteiger charge is 2.45. The number of anilines is 1. The zero-order chi connectivity index (χ0) is 22.2. The predicted octanol–water partition coefficient (Wildman–Crippen LogP) is -0.193. The van der Waals surface area contributed by atoms with Crippen molar-refractivity contribution in [3.8, 4) is 0 Å². The Hall–Kier alpha value is -2.77. The van der Waals surface area contributed by atoms with Gasteiger partial charge in [0.2, 0.25) is 0 Å². The summed E-state index contributed by atoms with van der Waals surface area (Å²) in [6.45, 7) is -0.640. The molecule has 1 aliphatic heterocycles. The van der Waals surface area contributed by atoms with Crippen molar-refractivity contribution in [3.63, 3.8) is 0 Å². The third-order valence-electron chi connectivity index (χ3n) is 4.65. The van der Waals surface area contributed by atoms with Gasteiger partial charge in [0.1, 0.15) is 24.6 Å². The molecule has 3 heterocycles. The largest absolute Gasteiger partial charge is 0.469 e. The monoisotopic (exact) mass is 451 g/mol. The van der Waals surface area contributed by atoms with Crippen molar-refractivity contribution in [3.05, 3.63) is 48.5 Å². The second kappa shape index (κ2) is 8.40. The summed E-state index contributed by atoms with van der Waals surface area (Å²) in [7, 11) is -4.78. The van der Waals surface area contributed by atoms with Gasteiger partial charge in [0.25, 0.3) is 5.91 Å². The molecule has 5 N–H and O–H groups in total. The minimum Gasteiger partial charge on any atom is -0.387 e. The van der Waals surface area contributed by atoms with Crippen LogP contribution in [0.1, 0.15) is 16.6 Å². The Kier molecular flexibility index (Phi) is 5.81. The van der Waals surface area contributed by atoms with Crippen molar-refractivity contribution in [1.29, 1.82) is 0 Å². The molecule has 1 amide bonds. The number of nitrogens with zero attached hydrogens (tertiary/aromatic N) is 4. The number of hydrogen-bond donors (Lipinski definition) is 5. The molecule has 1 fully saturated rings. The maximum absolute atomic E-state index is 12.4. The summed E-state index contributed by atoms with van der Waals surface area (Å²) < 4.78 is 22.1. The second-order valence-electron chi connectivity index (χ2n) is 6.70. The number of phosphoric acid groups is 1. The first-order valence-corrected chi connectivity index (χ1v) is 10.5. The molecular formula is C17H18N5O8P. The number of imidazole rings is 1. The van der Waals surface area contributed by atoms with Crippen molar-refractivity contribution < 1.29 is 38.6 Å². The Morgan fingerprint density at radius 1 is 1.16 bits per heavy atom. The normalized spacial score (nSPS) is 23.9. The smallest absolute Gasteiger partial charge is 0.387 e. The van der Waals surface area contributed by atoms with Gasteiger partial charge in [-0.25, -0.2) is 19.5 Å². The summed E-state index contributed by atoms with van der Waals surface area (Å²) in [5, 5.41) is 23.2. The van der Waals surface area contributed by atoms with E-state index in [1.807, 2.05) is 0 Å². The van der Waals surface area contributed by atoms with Crippen LogP contribution in [-0.2, 0) is 13.8 Å². The van der Waals surface area contributed by atoms with Crippen LogP contribution in [0.25, 0.3) is 11.2 Å². The van der Waals surface area contributed by atoms with Gasteiger partial charge >= 0.3 is 7.82 Å². The van der Waals surface area contributed by atoms with Gasteiger partial charge in [0.05, 0.1) is 12.9 Å². The highest BCUT2D eigenvalue weighted by Crippen LogP contribution is 2.38. The first kappa shape index (κ1) is 21.5. The number of aromatic nitrogens is 4. The third-order valence-corrected chi connectivity index (χ3v) is 5.13. The predicted molar refractivity (Wildman–Crippen MR) is 104 cm³/mol. The van der Waals surface area contributed by atoms with E-state index in [2.05, 4.69) is 24.8 Å². The molecule has 31 heavy (non-hydrogen) atoms. The lowest BCUT2D eigenvalue weighted by molar-refractivity contribution is -0.0504. The number of carbonyl (C=O) groups excluding carboxylic acids is 1. The average Bonchev–Trinajstić information content (AvgIpc) is 3.29. The van der Waals surface area contributed by atoms with Gasteiger partial charge < -0.3 is 30.1 Å². The summed E-state index contributed by atoms with van der Waals surface area (Å²) in [4.78, 5) is 42.4. The number of fused-ring (bicyclic) bond motifs is 1. The first-order chi connectivity index (χ1) is 14.7. The van der Waals surface area contributed by atoms with Crippen molar-refractivity contribution in [2.24, 2.45) is 0 Å². The van der Waals surface area contributed by atoms with E-state index in [1.165, 1.54) is 17.2 Å². The molecule has 13 nitrogen and oxygen atoms in total. The van der Waals surface area contributed by atoms with E-state index >= 15 is 0 Å². The molecule has 1 aliphatic rings. The SMILES string of the molecule is O=C(Nc1ncnc2c1ncn2[C@@H]1O[C@H](COP(=O)(O)O)C(O)[C@@H]1O)c1ccccc1. The molecule has 2 aromatic heterocycles. The molecule has 1 saturated heterocycles. The zero-order valence-electron chi connectivity index (χ0n) is 15.7. The average molecular weight is 451 g/mol. The molecule has 4 atom stereocenters. The fourth-order valence-electron chi connectivity index (χ4n) is 3.17. The van der Waals surface area contributed by atoms with Gasteiger partial charge in [0.15, 0.2) is 23.2 Å². The van der Waals surface area contributed by atoms with Gasteiger partial charge in [-0.05, 0) is 12.1 Å². The number of benzene rings is 1. The Morgan fingerprint density at radius 3 is 2.61 bits per heavy atom. The Balaban J connectivity index is 1.58. The van der Waals surface area contributed by atoms with Gasteiger partial charge in [0, 0.05) is 5.56 Å². The van der Waals surface area contributed by atoms with Crippen LogP contribution in [0.3, 0.4) is 0 Å². The molecule has 3 aromatic rings. The number of carbonyl (C=O) groups is 1. The summed E-state index contributed by atoms with van der Waals surface area (Å²) in [5.41, 5.74) is 0.831. The quantitative estimate of drug-likeness (QED) is 0.312. The van der Waals surface area contributed by atoms with E-state index in [-0.39, 0.29) is 17.0 Å². The number of nitrogens with one attached hydrogen (secondary N) is 1. The summed E-state index contributed by atoms with van der Waals surface area (Å²) in [5.74, 6) is -0.274. The van der Waals surface area contributed by atoms with Crippen molar-refractivity contribution >= 4 is 30.7 Å². The molecule has 0 saturated carbocycles. The summed E-state index contributed by atoms with van der Waals surface area (Å²) >= 11 is 0. The minimum atomic E-state index is -4.78. The van der Waals surface area contributed by atoms with E-state index < -0.39 is 44.9 Å². The van der Waals surface area contributed by atoms with Crippen LogP contribution in [0.15, 0.2) is 43.0 Å². The standard InChI is InChI=1S/C17H18N5O8P/c23-12-10(6-29-31(26,27)28)30-17(13(12)24)22-8-20-11-14(18-7-19-15(11)22)21-16(25)9-4-2-1-3-5-9/h1-5,7-8,10,12-13,17,23-24H,6H2,(H2,26,27,28)(H,18,19,21,25)/t10-,12?,13+,17-/m1/s1. The fourth-order valence-corrected chi connectivity index (χ4v) is 3.51.